The van der Waals surface area contributed by atoms with E-state index in [0.717, 1.165) is 18.2 Å². The Morgan fingerprint density at radius 3 is 2.62 bits per heavy atom. The first-order chi connectivity index (χ1) is 9.74. The van der Waals surface area contributed by atoms with Crippen molar-refractivity contribution in [3.8, 4) is 5.75 Å². The van der Waals surface area contributed by atoms with Crippen molar-refractivity contribution < 1.29 is 27.1 Å². The highest BCUT2D eigenvalue weighted by Crippen LogP contribution is 2.34. The number of rotatable bonds is 6. The van der Waals surface area contributed by atoms with Gasteiger partial charge in [0.05, 0.1) is 17.4 Å². The Labute approximate surface area is 125 Å². The molecule has 0 aliphatic carbocycles. The predicted octanol–water partition coefficient (Wildman–Crippen LogP) is 5.14. The minimum Gasteiger partial charge on any atom is -0.425 e. The molecule has 0 radical (unpaired) electrons. The average molecular weight is 327 g/mol. The minimum atomic E-state index is -4.47. The molecule has 0 N–H and O–H groups in total. The molecule has 7 heteroatoms. The molecule has 0 amide bonds. The maximum Gasteiger partial charge on any atom is 0.392 e. The van der Waals surface area contributed by atoms with Crippen molar-refractivity contribution in [2.24, 2.45) is 5.92 Å². The van der Waals surface area contributed by atoms with E-state index < -0.39 is 30.3 Å². The second-order valence-electron chi connectivity index (χ2n) is 4.63. The number of carbonyl (C=O) groups excluding carboxylic acids is 1. The third-order valence-electron chi connectivity index (χ3n) is 2.90. The van der Waals surface area contributed by atoms with E-state index in [9.17, 15) is 22.4 Å². The summed E-state index contributed by atoms with van der Waals surface area (Å²) in [5.41, 5.74) is 0. The van der Waals surface area contributed by atoms with Gasteiger partial charge >= 0.3 is 12.1 Å². The number of esters is 1. The van der Waals surface area contributed by atoms with Crippen LogP contribution in [0.15, 0.2) is 18.2 Å². The Balaban J connectivity index is 2.71. The second-order valence-corrected chi connectivity index (χ2v) is 5.04. The van der Waals surface area contributed by atoms with E-state index in [4.69, 9.17) is 16.3 Å². The molecule has 118 valence electrons. The molecule has 21 heavy (non-hydrogen) atoms. The van der Waals surface area contributed by atoms with E-state index in [1.165, 1.54) is 0 Å². The highest BCUT2D eigenvalue weighted by molar-refractivity contribution is 6.32. The van der Waals surface area contributed by atoms with Crippen LogP contribution in [0.2, 0.25) is 5.02 Å². The Hall–Kier alpha value is -1.30. The molecular weight excluding hydrogens is 312 g/mol. The smallest absolute Gasteiger partial charge is 0.392 e. The van der Waals surface area contributed by atoms with Crippen LogP contribution in [0.1, 0.15) is 32.6 Å². The van der Waals surface area contributed by atoms with Gasteiger partial charge in [-0.2, -0.15) is 13.2 Å². The zero-order valence-corrected chi connectivity index (χ0v) is 12.1. The number of ether oxygens (including phenoxy) is 1. The lowest BCUT2D eigenvalue weighted by Gasteiger charge is -2.19. The van der Waals surface area contributed by atoms with Crippen molar-refractivity contribution in [1.82, 2.24) is 0 Å². The van der Waals surface area contributed by atoms with Crippen molar-refractivity contribution in [3.63, 3.8) is 0 Å². The summed E-state index contributed by atoms with van der Waals surface area (Å²) < 4.78 is 56.1. The number of alkyl halides is 3. The molecule has 0 spiro atoms. The third-order valence-corrected chi connectivity index (χ3v) is 3.21. The molecule has 1 atom stereocenters. The number of hydrogen-bond acceptors (Lipinski definition) is 2. The van der Waals surface area contributed by atoms with Crippen LogP contribution in [0.25, 0.3) is 0 Å². The van der Waals surface area contributed by atoms with Gasteiger partial charge in [-0.15, -0.1) is 0 Å². The molecule has 0 saturated carbocycles. The summed E-state index contributed by atoms with van der Waals surface area (Å²) in [6.45, 7) is 1.76. The van der Waals surface area contributed by atoms with Crippen molar-refractivity contribution >= 4 is 17.6 Å². The van der Waals surface area contributed by atoms with Crippen LogP contribution in [0.3, 0.4) is 0 Å². The molecule has 0 saturated heterocycles. The van der Waals surface area contributed by atoms with Crippen LogP contribution in [-0.2, 0) is 4.79 Å². The molecule has 0 bridgehead atoms. The minimum absolute atomic E-state index is 0.0399. The summed E-state index contributed by atoms with van der Waals surface area (Å²) in [4.78, 5) is 11.6. The van der Waals surface area contributed by atoms with Crippen molar-refractivity contribution in [3.05, 3.63) is 29.0 Å². The number of carbonyl (C=O) groups is 1. The van der Waals surface area contributed by atoms with Crippen LogP contribution in [0, 0.1) is 11.7 Å². The van der Waals surface area contributed by atoms with E-state index in [1.54, 1.807) is 6.92 Å². The molecule has 0 aliphatic rings. The maximum atomic E-state index is 13.0. The summed E-state index contributed by atoms with van der Waals surface area (Å²) in [7, 11) is 0. The Kier molecular flexibility index (Phi) is 6.45. The summed E-state index contributed by atoms with van der Waals surface area (Å²) >= 11 is 5.68. The zero-order chi connectivity index (χ0) is 16.0. The Bertz CT molecular complexity index is 488. The molecule has 1 aromatic rings. The first kappa shape index (κ1) is 17.8. The fourth-order valence-corrected chi connectivity index (χ4v) is 1.91. The standard InChI is InChI=1S/C14H15ClF4O2/c1-2-3-4-9(14(17,18)19)7-13(20)21-12-8-10(16)5-6-11(12)15/h5-6,8-9H,2-4,7H2,1H3. The van der Waals surface area contributed by atoms with Crippen molar-refractivity contribution in [2.75, 3.05) is 0 Å². The van der Waals surface area contributed by atoms with E-state index in [-0.39, 0.29) is 17.2 Å². The fourth-order valence-electron chi connectivity index (χ4n) is 1.75. The zero-order valence-electron chi connectivity index (χ0n) is 11.3. The molecule has 2 nitrogen and oxygen atoms in total. The van der Waals surface area contributed by atoms with Crippen LogP contribution >= 0.6 is 11.6 Å². The van der Waals surface area contributed by atoms with Gasteiger partial charge in [0.25, 0.3) is 0 Å². The van der Waals surface area contributed by atoms with E-state index in [2.05, 4.69) is 0 Å². The van der Waals surface area contributed by atoms with Crippen molar-refractivity contribution in [1.29, 1.82) is 0 Å². The van der Waals surface area contributed by atoms with E-state index in [1.807, 2.05) is 0 Å². The third kappa shape index (κ3) is 5.91. The molecular formula is C14H15ClF4O2. The maximum absolute atomic E-state index is 13.0. The average Bonchev–Trinajstić information content (AvgIpc) is 2.37. The number of hydrogen-bond donors (Lipinski definition) is 0. The number of unbranched alkanes of at least 4 members (excludes halogenated alkanes) is 1. The van der Waals surface area contributed by atoms with Crippen molar-refractivity contribution in [2.45, 2.75) is 38.8 Å². The molecule has 0 heterocycles. The van der Waals surface area contributed by atoms with E-state index >= 15 is 0 Å². The quantitative estimate of drug-likeness (QED) is 0.411. The summed E-state index contributed by atoms with van der Waals surface area (Å²) in [6.07, 6.45) is -4.47. The first-order valence-corrected chi connectivity index (χ1v) is 6.84. The van der Waals surface area contributed by atoms with Gasteiger partial charge in [-0.1, -0.05) is 31.4 Å². The Morgan fingerprint density at radius 2 is 2.05 bits per heavy atom. The molecule has 1 rings (SSSR count). The molecule has 0 fully saturated rings. The van der Waals surface area contributed by atoms with Gasteiger partial charge in [-0.3, -0.25) is 4.79 Å². The lowest BCUT2D eigenvalue weighted by Crippen LogP contribution is -2.27. The lowest BCUT2D eigenvalue weighted by molar-refractivity contribution is -0.183. The highest BCUT2D eigenvalue weighted by Gasteiger charge is 2.40. The van der Waals surface area contributed by atoms with Gasteiger partial charge < -0.3 is 4.74 Å². The van der Waals surface area contributed by atoms with Gasteiger partial charge in [-0.25, -0.2) is 4.39 Å². The van der Waals surface area contributed by atoms with Crippen LogP contribution in [0.4, 0.5) is 17.6 Å². The van der Waals surface area contributed by atoms with Gasteiger partial charge in [0.15, 0.2) is 5.75 Å². The first-order valence-electron chi connectivity index (χ1n) is 6.46. The normalized spacial score (nSPS) is 13.0. The highest BCUT2D eigenvalue weighted by atomic mass is 35.5. The predicted molar refractivity (Wildman–Crippen MR) is 70.7 cm³/mol. The van der Waals surface area contributed by atoms with Crippen LogP contribution in [0.5, 0.6) is 5.75 Å². The monoisotopic (exact) mass is 326 g/mol. The topological polar surface area (TPSA) is 26.3 Å². The molecule has 0 aliphatic heterocycles. The number of benzene rings is 1. The van der Waals surface area contributed by atoms with E-state index in [0.29, 0.717) is 12.8 Å². The van der Waals surface area contributed by atoms with Gasteiger partial charge in [-0.05, 0) is 18.6 Å². The molecule has 1 aromatic carbocycles. The largest absolute Gasteiger partial charge is 0.425 e. The SMILES string of the molecule is CCCCC(CC(=O)Oc1cc(F)ccc1Cl)C(F)(F)F. The molecule has 0 aromatic heterocycles. The van der Waals surface area contributed by atoms with Crippen LogP contribution < -0.4 is 4.74 Å². The van der Waals surface area contributed by atoms with Crippen LogP contribution in [-0.4, -0.2) is 12.1 Å². The Morgan fingerprint density at radius 1 is 1.38 bits per heavy atom. The summed E-state index contributed by atoms with van der Waals surface area (Å²) in [5, 5.41) is -0.0399. The fraction of sp³-hybridized carbons (Fsp3) is 0.500. The van der Waals surface area contributed by atoms with Gasteiger partial charge in [0, 0.05) is 6.07 Å². The summed E-state index contributed by atoms with van der Waals surface area (Å²) in [5.74, 6) is -3.82. The van der Waals surface area contributed by atoms with Gasteiger partial charge in [0.2, 0.25) is 0 Å². The lowest BCUT2D eigenvalue weighted by atomic mass is 9.98. The van der Waals surface area contributed by atoms with Gasteiger partial charge in [0.1, 0.15) is 5.82 Å². The number of halogens is 5. The second kappa shape index (κ2) is 7.64. The summed E-state index contributed by atoms with van der Waals surface area (Å²) in [6, 6.07) is 3.08. The molecule has 1 unspecified atom stereocenters.